The zero-order valence-electron chi connectivity index (χ0n) is 12.2. The Bertz CT molecular complexity index is 456. The van der Waals surface area contributed by atoms with Crippen molar-refractivity contribution in [1.29, 1.82) is 0 Å². The van der Waals surface area contributed by atoms with E-state index in [1.54, 1.807) is 16.8 Å². The van der Waals surface area contributed by atoms with E-state index in [4.69, 9.17) is 5.73 Å². The van der Waals surface area contributed by atoms with Crippen molar-refractivity contribution in [2.45, 2.75) is 52.5 Å². The normalized spacial score (nSPS) is 16.0. The minimum Gasteiger partial charge on any atom is -0.503 e. The number of hydrogen-bond acceptors (Lipinski definition) is 3. The maximum Gasteiger partial charge on any atom is 0.292 e. The van der Waals surface area contributed by atoms with Crippen LogP contribution in [0, 0.1) is 5.41 Å². The molecule has 108 valence electrons. The zero-order chi connectivity index (χ0) is 14.5. The van der Waals surface area contributed by atoms with Gasteiger partial charge in [-0.2, -0.15) is 0 Å². The maximum atomic E-state index is 12.0. The summed E-state index contributed by atoms with van der Waals surface area (Å²) in [7, 11) is 0. The molecule has 0 saturated carbocycles. The standard InChI is InChI=1S/C15H26N2O2/c1-4-8-15(3,5-2)10-12(11-16)17-9-6-7-13(18)14(17)19/h6-7,9,12,18H,4-5,8,10-11,16H2,1-3H3. The second kappa shape index (κ2) is 6.75. The van der Waals surface area contributed by atoms with Gasteiger partial charge < -0.3 is 15.4 Å². The molecule has 0 aliphatic carbocycles. The summed E-state index contributed by atoms with van der Waals surface area (Å²) in [6, 6.07) is 3.04. The predicted molar refractivity (Wildman–Crippen MR) is 78.4 cm³/mol. The highest BCUT2D eigenvalue weighted by Crippen LogP contribution is 2.35. The number of nitrogens with zero attached hydrogens (tertiary/aromatic N) is 1. The highest BCUT2D eigenvalue weighted by Gasteiger charge is 2.26. The number of aromatic hydroxyl groups is 1. The molecule has 0 amide bonds. The molecular weight excluding hydrogens is 240 g/mol. The predicted octanol–water partition coefficient (Wildman–Crippen LogP) is 2.66. The van der Waals surface area contributed by atoms with Crippen LogP contribution in [0.1, 0.15) is 52.5 Å². The van der Waals surface area contributed by atoms with Crippen LogP contribution in [-0.2, 0) is 0 Å². The maximum absolute atomic E-state index is 12.0. The van der Waals surface area contributed by atoms with Gasteiger partial charge in [0.15, 0.2) is 5.75 Å². The molecule has 1 rings (SSSR count). The average molecular weight is 266 g/mol. The summed E-state index contributed by atoms with van der Waals surface area (Å²) < 4.78 is 1.57. The van der Waals surface area contributed by atoms with Gasteiger partial charge in [0, 0.05) is 18.8 Å². The van der Waals surface area contributed by atoms with Crippen molar-refractivity contribution in [2.24, 2.45) is 11.1 Å². The van der Waals surface area contributed by atoms with E-state index >= 15 is 0 Å². The molecule has 0 aromatic carbocycles. The van der Waals surface area contributed by atoms with Crippen molar-refractivity contribution >= 4 is 0 Å². The van der Waals surface area contributed by atoms with Crippen LogP contribution < -0.4 is 11.3 Å². The van der Waals surface area contributed by atoms with E-state index in [0.717, 1.165) is 25.7 Å². The third-order valence-corrected chi connectivity index (χ3v) is 4.06. The smallest absolute Gasteiger partial charge is 0.292 e. The van der Waals surface area contributed by atoms with E-state index in [1.807, 2.05) is 0 Å². The monoisotopic (exact) mass is 266 g/mol. The Balaban J connectivity index is 3.01. The fourth-order valence-electron chi connectivity index (χ4n) is 2.68. The van der Waals surface area contributed by atoms with Crippen molar-refractivity contribution in [3.63, 3.8) is 0 Å². The first-order chi connectivity index (χ1) is 8.97. The average Bonchev–Trinajstić information content (AvgIpc) is 2.40. The molecule has 0 bridgehead atoms. The van der Waals surface area contributed by atoms with Crippen molar-refractivity contribution in [1.82, 2.24) is 4.57 Å². The van der Waals surface area contributed by atoms with E-state index in [-0.39, 0.29) is 22.8 Å². The van der Waals surface area contributed by atoms with Crippen LogP contribution in [0.4, 0.5) is 0 Å². The van der Waals surface area contributed by atoms with E-state index < -0.39 is 0 Å². The summed E-state index contributed by atoms with van der Waals surface area (Å²) in [6.45, 7) is 7.00. The van der Waals surface area contributed by atoms with E-state index in [9.17, 15) is 9.90 Å². The van der Waals surface area contributed by atoms with Crippen LogP contribution in [0.5, 0.6) is 5.75 Å². The van der Waals surface area contributed by atoms with Crippen LogP contribution in [-0.4, -0.2) is 16.2 Å². The minimum absolute atomic E-state index is 0.0592. The fourth-order valence-corrected chi connectivity index (χ4v) is 2.68. The number of nitrogens with two attached hydrogens (primary N) is 1. The first-order valence-electron chi connectivity index (χ1n) is 7.07. The second-order valence-electron chi connectivity index (χ2n) is 5.61. The summed E-state index contributed by atoms with van der Waals surface area (Å²) in [6.07, 6.45) is 5.87. The van der Waals surface area contributed by atoms with E-state index in [2.05, 4.69) is 20.8 Å². The fraction of sp³-hybridized carbons (Fsp3) is 0.667. The van der Waals surface area contributed by atoms with Gasteiger partial charge >= 0.3 is 0 Å². The number of rotatable bonds is 7. The largest absolute Gasteiger partial charge is 0.503 e. The lowest BCUT2D eigenvalue weighted by Crippen LogP contribution is -2.33. The third kappa shape index (κ3) is 3.83. The lowest BCUT2D eigenvalue weighted by atomic mass is 9.77. The first kappa shape index (κ1) is 15.8. The van der Waals surface area contributed by atoms with E-state index in [0.29, 0.717) is 6.54 Å². The molecule has 0 aliphatic heterocycles. The lowest BCUT2D eigenvalue weighted by molar-refractivity contribution is 0.210. The molecule has 2 unspecified atom stereocenters. The summed E-state index contributed by atoms with van der Waals surface area (Å²) in [5.41, 5.74) is 5.67. The van der Waals surface area contributed by atoms with Gasteiger partial charge in [-0.3, -0.25) is 4.79 Å². The van der Waals surface area contributed by atoms with Gasteiger partial charge in [0.1, 0.15) is 0 Å². The van der Waals surface area contributed by atoms with Crippen molar-refractivity contribution in [3.8, 4) is 5.75 Å². The highest BCUT2D eigenvalue weighted by molar-refractivity contribution is 5.15. The Hall–Kier alpha value is -1.29. The molecule has 4 nitrogen and oxygen atoms in total. The summed E-state index contributed by atoms with van der Waals surface area (Å²) in [5, 5.41) is 9.53. The molecule has 0 saturated heterocycles. The van der Waals surface area contributed by atoms with Gasteiger partial charge in [0.25, 0.3) is 5.56 Å². The molecule has 1 aromatic rings. The molecule has 0 fully saturated rings. The SMILES string of the molecule is CCCC(C)(CC)CC(CN)n1cccc(O)c1=O. The Morgan fingerprint density at radius 3 is 2.68 bits per heavy atom. The van der Waals surface area contributed by atoms with Gasteiger partial charge in [-0.1, -0.05) is 33.6 Å². The molecule has 3 N–H and O–H groups in total. The minimum atomic E-state index is -0.354. The molecule has 1 aromatic heterocycles. The van der Waals surface area contributed by atoms with Gasteiger partial charge in [-0.05, 0) is 30.4 Å². The molecule has 0 aliphatic rings. The van der Waals surface area contributed by atoms with Gasteiger partial charge in [-0.15, -0.1) is 0 Å². The lowest BCUT2D eigenvalue weighted by Gasteiger charge is -2.32. The molecule has 2 atom stereocenters. The third-order valence-electron chi connectivity index (χ3n) is 4.06. The molecule has 0 radical (unpaired) electrons. The van der Waals surface area contributed by atoms with Crippen LogP contribution in [0.3, 0.4) is 0 Å². The van der Waals surface area contributed by atoms with Gasteiger partial charge in [-0.25, -0.2) is 0 Å². The van der Waals surface area contributed by atoms with Crippen LogP contribution in [0.2, 0.25) is 0 Å². The summed E-state index contributed by atoms with van der Waals surface area (Å²) in [4.78, 5) is 12.0. The number of aromatic nitrogens is 1. The molecule has 4 heteroatoms. The van der Waals surface area contributed by atoms with Gasteiger partial charge in [0.2, 0.25) is 0 Å². The second-order valence-corrected chi connectivity index (χ2v) is 5.61. The quantitative estimate of drug-likeness (QED) is 0.797. The topological polar surface area (TPSA) is 68.2 Å². The highest BCUT2D eigenvalue weighted by atomic mass is 16.3. The number of pyridine rings is 1. The molecule has 19 heavy (non-hydrogen) atoms. The van der Waals surface area contributed by atoms with Crippen LogP contribution >= 0.6 is 0 Å². The summed E-state index contributed by atoms with van der Waals surface area (Å²) in [5.74, 6) is -0.213. The Labute approximate surface area is 115 Å². The van der Waals surface area contributed by atoms with Crippen molar-refractivity contribution in [3.05, 3.63) is 28.7 Å². The van der Waals surface area contributed by atoms with Crippen LogP contribution in [0.25, 0.3) is 0 Å². The Morgan fingerprint density at radius 2 is 2.16 bits per heavy atom. The Kier molecular flexibility index (Phi) is 5.60. The van der Waals surface area contributed by atoms with Gasteiger partial charge in [0.05, 0.1) is 0 Å². The molecular formula is C15H26N2O2. The van der Waals surface area contributed by atoms with E-state index in [1.165, 1.54) is 6.07 Å². The zero-order valence-corrected chi connectivity index (χ0v) is 12.2. The first-order valence-corrected chi connectivity index (χ1v) is 7.07. The van der Waals surface area contributed by atoms with Crippen LogP contribution in [0.15, 0.2) is 23.1 Å². The van der Waals surface area contributed by atoms with Crippen molar-refractivity contribution < 1.29 is 5.11 Å². The Morgan fingerprint density at radius 1 is 1.47 bits per heavy atom. The number of hydrogen-bond donors (Lipinski definition) is 2. The summed E-state index contributed by atoms with van der Waals surface area (Å²) >= 11 is 0. The molecule has 1 heterocycles. The molecule has 0 spiro atoms. The van der Waals surface area contributed by atoms with Crippen molar-refractivity contribution in [2.75, 3.05) is 6.54 Å².